The number of carboxylic acids is 1. The fourth-order valence-electron chi connectivity index (χ4n) is 2.19. The first-order valence-electron chi connectivity index (χ1n) is 7.46. The summed E-state index contributed by atoms with van der Waals surface area (Å²) < 4.78 is 5.53. The van der Waals surface area contributed by atoms with Crippen LogP contribution in [0.1, 0.15) is 38.7 Å². The van der Waals surface area contributed by atoms with Gasteiger partial charge in [-0.15, -0.1) is 0 Å². The Labute approximate surface area is 131 Å². The maximum atomic E-state index is 12.2. The van der Waals surface area contributed by atoms with Gasteiger partial charge < -0.3 is 15.6 Å². The van der Waals surface area contributed by atoms with Gasteiger partial charge >= 0.3 is 5.97 Å². The minimum atomic E-state index is -1.08. The van der Waals surface area contributed by atoms with Gasteiger partial charge in [-0.05, 0) is 18.4 Å². The summed E-state index contributed by atoms with van der Waals surface area (Å²) in [6.45, 7) is 4.51. The van der Waals surface area contributed by atoms with E-state index < -0.39 is 17.4 Å². The molecule has 0 amide bonds. The van der Waals surface area contributed by atoms with Crippen molar-refractivity contribution >= 4 is 11.8 Å². The number of aliphatic carboxylic acids is 1. The molecule has 0 saturated carbocycles. The van der Waals surface area contributed by atoms with Gasteiger partial charge in [0.25, 0.3) is 0 Å². The number of hydrogen-bond acceptors (Lipinski definition) is 4. The zero-order valence-corrected chi connectivity index (χ0v) is 13.2. The molecular weight excluding hydrogens is 282 g/mol. The quantitative estimate of drug-likeness (QED) is 0.648. The lowest BCUT2D eigenvalue weighted by Crippen LogP contribution is -2.38. The van der Waals surface area contributed by atoms with Gasteiger partial charge in [0.05, 0.1) is 6.61 Å². The summed E-state index contributed by atoms with van der Waals surface area (Å²) in [5.41, 5.74) is 5.88. The van der Waals surface area contributed by atoms with Crippen LogP contribution >= 0.6 is 0 Å². The summed E-state index contributed by atoms with van der Waals surface area (Å²) >= 11 is 0. The van der Waals surface area contributed by atoms with Crippen LogP contribution in [0.15, 0.2) is 30.3 Å². The van der Waals surface area contributed by atoms with Crippen molar-refractivity contribution in [2.45, 2.75) is 45.8 Å². The molecule has 0 heterocycles. The molecule has 5 heteroatoms. The SMILES string of the molecule is CC(C)(CC(N)C(=O)O)C(=O)CCCOCc1ccccc1. The number of rotatable bonds is 10. The molecule has 1 aromatic carbocycles. The summed E-state index contributed by atoms with van der Waals surface area (Å²) in [5, 5.41) is 8.83. The molecule has 22 heavy (non-hydrogen) atoms. The van der Waals surface area contributed by atoms with Crippen molar-refractivity contribution in [3.63, 3.8) is 0 Å². The first-order chi connectivity index (χ1) is 10.3. The average Bonchev–Trinajstić information content (AvgIpc) is 2.47. The van der Waals surface area contributed by atoms with Crippen molar-refractivity contribution in [3.05, 3.63) is 35.9 Å². The predicted octanol–water partition coefficient (Wildman–Crippen LogP) is 2.38. The third kappa shape index (κ3) is 6.37. The second-order valence-electron chi connectivity index (χ2n) is 6.10. The van der Waals surface area contributed by atoms with E-state index in [-0.39, 0.29) is 12.2 Å². The van der Waals surface area contributed by atoms with Crippen LogP contribution in [0.4, 0.5) is 0 Å². The highest BCUT2D eigenvalue weighted by molar-refractivity contribution is 5.85. The summed E-state index contributed by atoms with van der Waals surface area (Å²) in [6.07, 6.45) is 1.14. The monoisotopic (exact) mass is 307 g/mol. The maximum Gasteiger partial charge on any atom is 0.320 e. The molecule has 1 rings (SSSR count). The van der Waals surface area contributed by atoms with E-state index in [4.69, 9.17) is 15.6 Å². The Morgan fingerprint density at radius 3 is 2.50 bits per heavy atom. The van der Waals surface area contributed by atoms with E-state index in [0.29, 0.717) is 26.1 Å². The van der Waals surface area contributed by atoms with Crippen LogP contribution in [-0.2, 0) is 20.9 Å². The van der Waals surface area contributed by atoms with Gasteiger partial charge in [-0.25, -0.2) is 0 Å². The largest absolute Gasteiger partial charge is 0.480 e. The van der Waals surface area contributed by atoms with Gasteiger partial charge in [-0.2, -0.15) is 0 Å². The molecule has 0 fully saturated rings. The van der Waals surface area contributed by atoms with Gasteiger partial charge in [0.1, 0.15) is 11.8 Å². The molecule has 1 aromatic rings. The fourth-order valence-corrected chi connectivity index (χ4v) is 2.19. The van der Waals surface area contributed by atoms with E-state index in [1.54, 1.807) is 13.8 Å². The molecule has 3 N–H and O–H groups in total. The molecule has 0 aromatic heterocycles. The van der Waals surface area contributed by atoms with E-state index in [1.165, 1.54) is 0 Å². The second-order valence-corrected chi connectivity index (χ2v) is 6.10. The van der Waals surface area contributed by atoms with Crippen LogP contribution in [0.5, 0.6) is 0 Å². The third-order valence-electron chi connectivity index (χ3n) is 3.61. The molecular formula is C17H25NO4. The van der Waals surface area contributed by atoms with Crippen molar-refractivity contribution in [3.8, 4) is 0 Å². The van der Waals surface area contributed by atoms with Crippen molar-refractivity contribution in [1.29, 1.82) is 0 Å². The second kappa shape index (κ2) is 8.66. The maximum absolute atomic E-state index is 12.2. The highest BCUT2D eigenvalue weighted by atomic mass is 16.5. The molecule has 0 radical (unpaired) electrons. The molecule has 0 spiro atoms. The Bertz CT molecular complexity index is 485. The van der Waals surface area contributed by atoms with E-state index in [1.807, 2.05) is 30.3 Å². The van der Waals surface area contributed by atoms with Crippen LogP contribution in [0.2, 0.25) is 0 Å². The minimum absolute atomic E-state index is 0.0208. The molecule has 0 saturated heterocycles. The van der Waals surface area contributed by atoms with Crippen molar-refractivity contribution in [1.82, 2.24) is 0 Å². The molecule has 5 nitrogen and oxygen atoms in total. The van der Waals surface area contributed by atoms with E-state index in [0.717, 1.165) is 5.56 Å². The van der Waals surface area contributed by atoms with Crippen LogP contribution in [-0.4, -0.2) is 29.5 Å². The van der Waals surface area contributed by atoms with Gasteiger partial charge in [0, 0.05) is 18.4 Å². The standard InChI is InChI=1S/C17H25NO4/c1-17(2,11-14(18)16(20)21)15(19)9-6-10-22-12-13-7-4-3-5-8-13/h3-5,7-8,14H,6,9-12,18H2,1-2H3,(H,20,21). The Balaban J connectivity index is 2.26. The van der Waals surface area contributed by atoms with Crippen molar-refractivity contribution in [2.24, 2.45) is 11.1 Å². The Hall–Kier alpha value is -1.72. The molecule has 0 aliphatic rings. The third-order valence-corrected chi connectivity index (χ3v) is 3.61. The highest BCUT2D eigenvalue weighted by Crippen LogP contribution is 2.25. The Morgan fingerprint density at radius 1 is 1.27 bits per heavy atom. The normalized spacial score (nSPS) is 12.9. The van der Waals surface area contributed by atoms with Gasteiger partial charge in [-0.3, -0.25) is 9.59 Å². The molecule has 0 aliphatic heterocycles. The first-order valence-corrected chi connectivity index (χ1v) is 7.46. The first kappa shape index (κ1) is 18.3. The molecule has 1 atom stereocenters. The Morgan fingerprint density at radius 2 is 1.91 bits per heavy atom. The van der Waals surface area contributed by atoms with E-state index in [2.05, 4.69) is 0 Å². The van der Waals surface area contributed by atoms with Crippen LogP contribution < -0.4 is 5.73 Å². The lowest BCUT2D eigenvalue weighted by Gasteiger charge is -2.24. The number of hydrogen-bond donors (Lipinski definition) is 2. The van der Waals surface area contributed by atoms with Gasteiger partial charge in [-0.1, -0.05) is 44.2 Å². The lowest BCUT2D eigenvalue weighted by atomic mass is 9.80. The van der Waals surface area contributed by atoms with Crippen molar-refractivity contribution < 1.29 is 19.4 Å². The number of benzene rings is 1. The summed E-state index contributed by atoms with van der Waals surface area (Å²) in [5.74, 6) is -1.06. The van der Waals surface area contributed by atoms with E-state index in [9.17, 15) is 9.59 Å². The minimum Gasteiger partial charge on any atom is -0.480 e. The molecule has 1 unspecified atom stereocenters. The zero-order chi connectivity index (χ0) is 16.6. The topological polar surface area (TPSA) is 89.6 Å². The van der Waals surface area contributed by atoms with Gasteiger partial charge in [0.2, 0.25) is 0 Å². The molecule has 122 valence electrons. The molecule has 0 aliphatic carbocycles. The van der Waals surface area contributed by atoms with Crippen LogP contribution in [0, 0.1) is 5.41 Å². The average molecular weight is 307 g/mol. The number of ketones is 1. The lowest BCUT2D eigenvalue weighted by molar-refractivity contribution is -0.140. The number of Topliss-reactive ketones (excluding diaryl/α,β-unsaturated/α-hetero) is 1. The fraction of sp³-hybridized carbons (Fsp3) is 0.529. The van der Waals surface area contributed by atoms with Crippen LogP contribution in [0.3, 0.4) is 0 Å². The van der Waals surface area contributed by atoms with E-state index >= 15 is 0 Å². The highest BCUT2D eigenvalue weighted by Gasteiger charge is 2.31. The molecule has 0 bridgehead atoms. The van der Waals surface area contributed by atoms with Gasteiger partial charge in [0.15, 0.2) is 0 Å². The summed E-state index contributed by atoms with van der Waals surface area (Å²) in [6, 6.07) is 8.83. The van der Waals surface area contributed by atoms with Crippen LogP contribution in [0.25, 0.3) is 0 Å². The number of carbonyl (C=O) groups excluding carboxylic acids is 1. The number of carbonyl (C=O) groups is 2. The zero-order valence-electron chi connectivity index (χ0n) is 13.2. The number of nitrogens with two attached hydrogens (primary N) is 1. The Kier molecular flexibility index (Phi) is 7.21. The van der Waals surface area contributed by atoms with Crippen molar-refractivity contribution in [2.75, 3.05) is 6.61 Å². The predicted molar refractivity (Wildman–Crippen MR) is 84.3 cm³/mol. The number of ether oxygens (including phenoxy) is 1. The smallest absolute Gasteiger partial charge is 0.320 e. The summed E-state index contributed by atoms with van der Waals surface area (Å²) in [4.78, 5) is 22.9. The number of carboxylic acid groups (broad SMARTS) is 1. The summed E-state index contributed by atoms with van der Waals surface area (Å²) in [7, 11) is 0.